The number of hydrogen-bond donors (Lipinski definition) is 1. The van der Waals surface area contributed by atoms with Crippen LogP contribution in [0.5, 0.6) is 0 Å². The lowest BCUT2D eigenvalue weighted by Gasteiger charge is -2.26. The summed E-state index contributed by atoms with van der Waals surface area (Å²) in [6.07, 6.45) is -1.34. The predicted molar refractivity (Wildman–Crippen MR) is 76.2 cm³/mol. The van der Waals surface area contributed by atoms with Crippen LogP contribution in [0.1, 0.15) is 36.7 Å². The van der Waals surface area contributed by atoms with Crippen molar-refractivity contribution in [3.8, 4) is 0 Å². The van der Waals surface area contributed by atoms with E-state index >= 15 is 0 Å². The Morgan fingerprint density at radius 2 is 2.00 bits per heavy atom. The summed E-state index contributed by atoms with van der Waals surface area (Å²) in [6, 6.07) is 4.84. The van der Waals surface area contributed by atoms with Crippen LogP contribution in [0.15, 0.2) is 18.2 Å². The SMILES string of the molecule is COC(=O)c1ccc2c(c1)N(C(=O)OC(C)(C)C)C(O)C2. The minimum atomic E-state index is -0.997. The summed E-state index contributed by atoms with van der Waals surface area (Å²) >= 11 is 0. The van der Waals surface area contributed by atoms with E-state index in [4.69, 9.17) is 4.74 Å². The zero-order chi connectivity index (χ0) is 15.8. The van der Waals surface area contributed by atoms with Crippen molar-refractivity contribution in [1.82, 2.24) is 0 Å². The molecule has 0 spiro atoms. The first kappa shape index (κ1) is 15.3. The van der Waals surface area contributed by atoms with Gasteiger partial charge in [0.05, 0.1) is 18.4 Å². The van der Waals surface area contributed by atoms with Crippen LogP contribution >= 0.6 is 0 Å². The van der Waals surface area contributed by atoms with Crippen LogP contribution in [0, 0.1) is 0 Å². The summed E-state index contributed by atoms with van der Waals surface area (Å²) in [5.41, 5.74) is 0.902. The molecule has 1 aromatic rings. The van der Waals surface area contributed by atoms with Gasteiger partial charge in [-0.25, -0.2) is 9.59 Å². The van der Waals surface area contributed by atoms with Gasteiger partial charge in [0.2, 0.25) is 0 Å². The Balaban J connectivity index is 2.34. The van der Waals surface area contributed by atoms with E-state index in [0.717, 1.165) is 10.5 Å². The molecule has 1 amide bonds. The van der Waals surface area contributed by atoms with Crippen molar-refractivity contribution in [2.75, 3.05) is 12.0 Å². The molecule has 1 unspecified atom stereocenters. The van der Waals surface area contributed by atoms with Crippen LogP contribution in [-0.4, -0.2) is 36.1 Å². The molecule has 0 radical (unpaired) electrons. The van der Waals surface area contributed by atoms with Gasteiger partial charge in [-0.3, -0.25) is 4.90 Å². The predicted octanol–water partition coefficient (Wildman–Crippen LogP) is 2.09. The van der Waals surface area contributed by atoms with E-state index in [1.165, 1.54) is 13.2 Å². The highest BCUT2D eigenvalue weighted by Crippen LogP contribution is 2.33. The molecule has 0 fully saturated rings. The van der Waals surface area contributed by atoms with Crippen molar-refractivity contribution in [2.24, 2.45) is 0 Å². The molecule has 2 rings (SSSR count). The maximum absolute atomic E-state index is 12.2. The molecule has 21 heavy (non-hydrogen) atoms. The monoisotopic (exact) mass is 293 g/mol. The molecule has 0 aromatic heterocycles. The number of benzene rings is 1. The summed E-state index contributed by atoms with van der Waals surface area (Å²) in [6.45, 7) is 5.25. The van der Waals surface area contributed by atoms with E-state index in [1.54, 1.807) is 32.9 Å². The molecule has 6 heteroatoms. The fourth-order valence-corrected chi connectivity index (χ4v) is 2.19. The second kappa shape index (κ2) is 5.37. The van der Waals surface area contributed by atoms with Crippen molar-refractivity contribution in [1.29, 1.82) is 0 Å². The quantitative estimate of drug-likeness (QED) is 0.802. The largest absolute Gasteiger partial charge is 0.465 e. The van der Waals surface area contributed by atoms with E-state index in [1.807, 2.05) is 0 Å². The van der Waals surface area contributed by atoms with E-state index < -0.39 is 23.9 Å². The third-order valence-electron chi connectivity index (χ3n) is 3.06. The maximum Gasteiger partial charge on any atom is 0.416 e. The van der Waals surface area contributed by atoms with Gasteiger partial charge in [-0.05, 0) is 38.5 Å². The number of aliphatic hydroxyl groups excluding tert-OH is 1. The Morgan fingerprint density at radius 1 is 1.33 bits per heavy atom. The van der Waals surface area contributed by atoms with Crippen LogP contribution in [0.3, 0.4) is 0 Å². The number of amides is 1. The Kier molecular flexibility index (Phi) is 3.91. The third-order valence-corrected chi connectivity index (χ3v) is 3.06. The molecule has 0 aliphatic carbocycles. The van der Waals surface area contributed by atoms with Gasteiger partial charge in [0.15, 0.2) is 0 Å². The summed E-state index contributed by atoms with van der Waals surface area (Å²) in [4.78, 5) is 25.0. The number of fused-ring (bicyclic) bond motifs is 1. The highest BCUT2D eigenvalue weighted by atomic mass is 16.6. The molecule has 1 N–H and O–H groups in total. The number of nitrogens with zero attached hydrogens (tertiary/aromatic N) is 1. The second-order valence-corrected chi connectivity index (χ2v) is 5.87. The molecular formula is C15H19NO5. The van der Waals surface area contributed by atoms with E-state index in [9.17, 15) is 14.7 Å². The van der Waals surface area contributed by atoms with Crippen LogP contribution in [-0.2, 0) is 15.9 Å². The lowest BCUT2D eigenvalue weighted by molar-refractivity contribution is 0.0488. The number of carbonyl (C=O) groups excluding carboxylic acids is 2. The maximum atomic E-state index is 12.2. The number of aliphatic hydroxyl groups is 1. The summed E-state index contributed by atoms with van der Waals surface area (Å²) in [7, 11) is 1.29. The lowest BCUT2D eigenvalue weighted by atomic mass is 10.1. The van der Waals surface area contributed by atoms with Crippen molar-refractivity contribution < 1.29 is 24.2 Å². The average molecular weight is 293 g/mol. The van der Waals surface area contributed by atoms with Crippen LogP contribution in [0.25, 0.3) is 0 Å². The number of esters is 1. The Morgan fingerprint density at radius 3 is 2.57 bits per heavy atom. The molecule has 6 nitrogen and oxygen atoms in total. The second-order valence-electron chi connectivity index (χ2n) is 5.87. The molecule has 1 atom stereocenters. The minimum absolute atomic E-state index is 0.302. The normalized spacial score (nSPS) is 17.4. The average Bonchev–Trinajstić information content (AvgIpc) is 2.70. The fraction of sp³-hybridized carbons (Fsp3) is 0.467. The van der Waals surface area contributed by atoms with Gasteiger partial charge in [-0.15, -0.1) is 0 Å². The molecule has 0 bridgehead atoms. The molecule has 0 saturated carbocycles. The zero-order valence-electron chi connectivity index (χ0n) is 12.5. The fourth-order valence-electron chi connectivity index (χ4n) is 2.19. The van der Waals surface area contributed by atoms with Gasteiger partial charge in [0.1, 0.15) is 11.8 Å². The number of carbonyl (C=O) groups is 2. The van der Waals surface area contributed by atoms with Gasteiger partial charge < -0.3 is 14.6 Å². The van der Waals surface area contributed by atoms with Crippen LogP contribution in [0.4, 0.5) is 10.5 Å². The highest BCUT2D eigenvalue weighted by molar-refractivity contribution is 5.95. The lowest BCUT2D eigenvalue weighted by Crippen LogP contribution is -2.41. The number of rotatable bonds is 1. The smallest absolute Gasteiger partial charge is 0.416 e. The topological polar surface area (TPSA) is 76.1 Å². The van der Waals surface area contributed by atoms with Crippen molar-refractivity contribution in [3.63, 3.8) is 0 Å². The number of methoxy groups -OCH3 is 1. The van der Waals surface area contributed by atoms with Crippen molar-refractivity contribution in [3.05, 3.63) is 29.3 Å². The standard InChI is InChI=1S/C15H19NO5/c1-15(2,3)21-14(19)16-11-7-10(13(18)20-4)6-5-9(11)8-12(16)17/h5-7,12,17H,8H2,1-4H3. The first-order valence-electron chi connectivity index (χ1n) is 6.64. The summed E-state index contributed by atoms with van der Waals surface area (Å²) < 4.78 is 9.95. The van der Waals surface area contributed by atoms with Crippen molar-refractivity contribution in [2.45, 2.75) is 39.0 Å². The molecule has 114 valence electrons. The number of ether oxygens (including phenoxy) is 2. The van der Waals surface area contributed by atoms with Gasteiger partial charge in [0.25, 0.3) is 0 Å². The van der Waals surface area contributed by atoms with E-state index in [2.05, 4.69) is 4.74 Å². The molecule has 1 heterocycles. The summed E-state index contributed by atoms with van der Waals surface area (Å²) in [5, 5.41) is 10.1. The van der Waals surface area contributed by atoms with Gasteiger partial charge in [0, 0.05) is 6.42 Å². The molecule has 1 aliphatic rings. The molecule has 1 aliphatic heterocycles. The third kappa shape index (κ3) is 3.16. The van der Waals surface area contributed by atoms with Gasteiger partial charge >= 0.3 is 12.1 Å². The Labute approximate surface area is 123 Å². The Hall–Kier alpha value is -2.08. The van der Waals surface area contributed by atoms with Crippen molar-refractivity contribution >= 4 is 17.7 Å². The first-order chi connectivity index (χ1) is 9.73. The minimum Gasteiger partial charge on any atom is -0.465 e. The molecular weight excluding hydrogens is 274 g/mol. The van der Waals surface area contributed by atoms with Crippen LogP contribution in [0.2, 0.25) is 0 Å². The number of anilines is 1. The number of hydrogen-bond acceptors (Lipinski definition) is 5. The van der Waals surface area contributed by atoms with E-state index in [0.29, 0.717) is 17.7 Å². The summed E-state index contributed by atoms with van der Waals surface area (Å²) in [5.74, 6) is -0.497. The molecule has 0 saturated heterocycles. The molecule has 1 aromatic carbocycles. The van der Waals surface area contributed by atoms with E-state index in [-0.39, 0.29) is 0 Å². The first-order valence-corrected chi connectivity index (χ1v) is 6.64. The zero-order valence-corrected chi connectivity index (χ0v) is 12.5. The van der Waals surface area contributed by atoms with Gasteiger partial charge in [-0.1, -0.05) is 6.07 Å². The van der Waals surface area contributed by atoms with Crippen LogP contribution < -0.4 is 4.90 Å². The Bertz CT molecular complexity index is 576. The highest BCUT2D eigenvalue weighted by Gasteiger charge is 2.36. The van der Waals surface area contributed by atoms with Gasteiger partial charge in [-0.2, -0.15) is 0 Å².